The molecule has 30 heteroatoms. The molecule has 19 aromatic rings. The standard InChI is InChI=1S/C27H24N6S.C26H27N5OS.C25H22N8S.C23H20N6S/c1-2-8-21(9-3-1)22-19-34-27-24(22)26(30-25(31-27)23-10-4-5-12-29-23)33-15-13-32(14-16-33)18-20-7-6-11-28-17-20;1-2-7-19(8-3-1)21-18-33-26-23(21)25(28-24(29-26)22-10-4-5-11-27-22)31-14-12-30(13-15-31)17-20-9-6-16-32-20;1-27-21-18(31-32-22(21)26)12-8-14-33(2)24-17-15-20(16-9-4-3-5-10-16)34-25(17)30-23(29-24)19-11-6-7-13-28-19;1-28(13-16-12-25-29(2)14-16)22-20-18(17-8-4-3-5-9-17)15-30-23(20)27-21(26-22)19-10-6-7-11-24-19/h1-12,17,19H,13-16,18H2;1-5,7-8,10-11,18,20H,6,9,12-17H2;3-7,9-11,13,15H,8,12,14H2,2H3,(H3,26,31,32);3-12,14-15H,13H2,1-2H3. The SMILES string of the molecule is CN(Cc1cnn(C)c1)c1nc(-c2ccccn2)nc2scc(-c3ccccc3)c12.[C-]#[N+]c1c(N)n[nH]c1CCCN(C)c1nc(-c2ccccn2)nc2sc(-c3ccccc3)cc12.c1ccc(-c2csc3nc(-c4ccccn4)nc(N4CCN(CC5CCCO5)CC4)c23)cc1.c1ccc(-c2csc3nc(-c4ccccn4)nc(N4CCN(Cc5cccnc5)CC4)c23)cc1. The zero-order chi connectivity index (χ0) is 88.8. The second-order valence-corrected chi connectivity index (χ2v) is 35.7. The van der Waals surface area contributed by atoms with Crippen LogP contribution in [-0.4, -0.2) is 187 Å². The third-order valence-electron chi connectivity index (χ3n) is 23.2. The maximum atomic E-state index is 7.32. The molecule has 3 fully saturated rings. The first-order valence-corrected chi connectivity index (χ1v) is 47.1. The van der Waals surface area contributed by atoms with Crippen molar-refractivity contribution in [2.45, 2.75) is 44.9 Å². The van der Waals surface area contributed by atoms with Gasteiger partial charge in [-0.2, -0.15) is 10.2 Å². The van der Waals surface area contributed by atoms with Gasteiger partial charge in [0.25, 0.3) is 0 Å². The summed E-state index contributed by atoms with van der Waals surface area (Å²) < 4.78 is 7.68. The highest BCUT2D eigenvalue weighted by Gasteiger charge is 2.30. The fraction of sp³-hybridized carbons (Fsp3) is 0.208. The monoisotopic (exact) mass is 1800 g/mol. The zero-order valence-electron chi connectivity index (χ0n) is 72.6. The molecule has 652 valence electrons. The van der Waals surface area contributed by atoms with Gasteiger partial charge in [0.2, 0.25) is 5.69 Å². The van der Waals surface area contributed by atoms with Gasteiger partial charge in [0.1, 0.15) is 65.4 Å². The van der Waals surface area contributed by atoms with E-state index in [0.29, 0.717) is 48.1 Å². The number of hydrogen-bond acceptors (Lipinski definition) is 27. The van der Waals surface area contributed by atoms with Gasteiger partial charge in [0, 0.05) is 199 Å². The second kappa shape index (κ2) is 40.5. The van der Waals surface area contributed by atoms with Crippen molar-refractivity contribution >= 4 is 121 Å². The highest BCUT2D eigenvalue weighted by Crippen LogP contribution is 2.45. The Morgan fingerprint density at radius 3 is 1.45 bits per heavy atom. The van der Waals surface area contributed by atoms with Crippen LogP contribution in [-0.2, 0) is 31.3 Å². The fourth-order valence-electron chi connectivity index (χ4n) is 16.6. The minimum absolute atomic E-state index is 0.252. The average molecular weight is 1800 g/mol. The summed E-state index contributed by atoms with van der Waals surface area (Å²) in [7, 11) is 6.02. The van der Waals surface area contributed by atoms with Crippen LogP contribution in [0.5, 0.6) is 0 Å². The van der Waals surface area contributed by atoms with E-state index in [1.54, 1.807) is 70.1 Å². The number of ether oxygens (including phenoxy) is 1. The number of nitrogens with zero attached hydrogens (tertiary/aromatic N) is 23. The minimum Gasteiger partial charge on any atom is -0.391 e. The fourth-order valence-corrected chi connectivity index (χ4v) is 20.5. The predicted octanol–water partition coefficient (Wildman–Crippen LogP) is 20.0. The molecule has 3 aliphatic heterocycles. The second-order valence-electron chi connectivity index (χ2n) is 32.1. The summed E-state index contributed by atoms with van der Waals surface area (Å²) in [6.45, 7) is 19.4. The number of aromatic nitrogens is 17. The van der Waals surface area contributed by atoms with E-state index in [-0.39, 0.29) is 5.82 Å². The number of benzene rings is 4. The molecule has 18 heterocycles. The van der Waals surface area contributed by atoms with Gasteiger partial charge in [0.15, 0.2) is 29.1 Å². The number of pyridine rings is 5. The number of rotatable bonds is 22. The van der Waals surface area contributed by atoms with Crippen LogP contribution in [0.2, 0.25) is 0 Å². The van der Waals surface area contributed by atoms with E-state index < -0.39 is 0 Å². The normalized spacial score (nSPS) is 14.0. The van der Waals surface area contributed by atoms with Gasteiger partial charge in [-0.1, -0.05) is 152 Å². The van der Waals surface area contributed by atoms with Crippen molar-refractivity contribution < 1.29 is 4.74 Å². The summed E-state index contributed by atoms with van der Waals surface area (Å²) in [5, 5.41) is 22.1. The van der Waals surface area contributed by atoms with Gasteiger partial charge in [-0.05, 0) is 114 Å². The largest absolute Gasteiger partial charge is 0.391 e. The number of hydrogen-bond donors (Lipinski definition) is 2. The molecule has 1 atom stereocenters. The van der Waals surface area contributed by atoms with Crippen molar-refractivity contribution in [1.29, 1.82) is 0 Å². The van der Waals surface area contributed by atoms with Crippen LogP contribution >= 0.6 is 45.3 Å². The maximum Gasteiger partial charge on any atom is 0.250 e. The lowest BCUT2D eigenvalue weighted by atomic mass is 10.1. The molecule has 3 N–H and O–H groups in total. The Hall–Kier alpha value is -14.4. The van der Waals surface area contributed by atoms with Crippen LogP contribution in [0.25, 0.3) is 136 Å². The Balaban J connectivity index is 0.000000113. The minimum atomic E-state index is 0.252. The molecule has 15 aromatic heterocycles. The lowest BCUT2D eigenvalue weighted by molar-refractivity contribution is 0.0712. The van der Waals surface area contributed by atoms with Gasteiger partial charge in [-0.15, -0.1) is 45.3 Å². The molecule has 3 saturated heterocycles. The van der Waals surface area contributed by atoms with Crippen LogP contribution in [0.15, 0.2) is 278 Å². The summed E-state index contributed by atoms with van der Waals surface area (Å²) in [5.41, 5.74) is 20.7. The molecular formula is C101H93N25OS4. The first kappa shape index (κ1) is 86.0. The molecule has 131 heavy (non-hydrogen) atoms. The summed E-state index contributed by atoms with van der Waals surface area (Å²) in [4.78, 5) is 84.5. The number of aryl methyl sites for hydroxylation is 2. The quantitative estimate of drug-likeness (QED) is 0.0597. The highest BCUT2D eigenvalue weighted by molar-refractivity contribution is 7.22. The number of nitrogens with one attached hydrogen (secondary N) is 1. The number of fused-ring (bicyclic) bond motifs is 4. The van der Waals surface area contributed by atoms with Gasteiger partial charge < -0.3 is 30.1 Å². The number of anilines is 5. The Labute approximate surface area is 774 Å². The molecule has 0 bridgehead atoms. The van der Waals surface area contributed by atoms with Gasteiger partial charge >= 0.3 is 0 Å². The molecule has 22 rings (SSSR count). The Morgan fingerprint density at radius 2 is 0.977 bits per heavy atom. The van der Waals surface area contributed by atoms with Crippen molar-refractivity contribution in [3.8, 4) is 89.9 Å². The van der Waals surface area contributed by atoms with E-state index in [9.17, 15) is 0 Å². The lowest BCUT2D eigenvalue weighted by Gasteiger charge is -2.36. The van der Waals surface area contributed by atoms with Crippen molar-refractivity contribution in [1.82, 2.24) is 94.6 Å². The molecule has 0 spiro atoms. The van der Waals surface area contributed by atoms with E-state index in [0.717, 1.165) is 205 Å². The van der Waals surface area contributed by atoms with Crippen molar-refractivity contribution in [3.63, 3.8) is 0 Å². The Kier molecular flexibility index (Phi) is 26.6. The molecule has 0 radical (unpaired) electrons. The van der Waals surface area contributed by atoms with Gasteiger partial charge in [0.05, 0.1) is 40.4 Å². The third kappa shape index (κ3) is 19.9. The Morgan fingerprint density at radius 1 is 0.496 bits per heavy atom. The number of nitrogen functional groups attached to an aromatic ring is 1. The molecule has 0 aliphatic carbocycles. The van der Waals surface area contributed by atoms with E-state index in [1.165, 1.54) is 40.7 Å². The topological polar surface area (TPSA) is 273 Å². The van der Waals surface area contributed by atoms with Crippen LogP contribution in [0.1, 0.15) is 36.1 Å². The number of thiophene rings is 4. The first-order valence-electron chi connectivity index (χ1n) is 43.6. The smallest absolute Gasteiger partial charge is 0.250 e. The molecule has 1 unspecified atom stereocenters. The molecular weight excluding hydrogens is 1710 g/mol. The molecule has 26 nitrogen and oxygen atoms in total. The van der Waals surface area contributed by atoms with E-state index in [4.69, 9.17) is 56.9 Å². The third-order valence-corrected chi connectivity index (χ3v) is 26.9. The summed E-state index contributed by atoms with van der Waals surface area (Å²) in [6.07, 6.45) is 19.1. The molecule has 0 amide bonds. The van der Waals surface area contributed by atoms with E-state index in [1.807, 2.05) is 147 Å². The molecule has 4 aromatic carbocycles. The number of nitrogens with two attached hydrogens (primary N) is 1. The summed E-state index contributed by atoms with van der Waals surface area (Å²) >= 11 is 6.65. The van der Waals surface area contributed by atoms with Gasteiger partial charge in [-0.3, -0.25) is 44.5 Å². The molecule has 0 saturated carbocycles. The number of H-pyrrole nitrogens is 1. The van der Waals surface area contributed by atoms with Crippen LogP contribution in [0.4, 0.5) is 34.8 Å². The Bertz CT molecular complexity index is 7050. The average Bonchev–Trinajstić information content (AvgIpc) is 1.65. The van der Waals surface area contributed by atoms with E-state index >= 15 is 0 Å². The summed E-state index contributed by atoms with van der Waals surface area (Å²) in [5.74, 6) is 6.66. The van der Waals surface area contributed by atoms with Crippen molar-refractivity contribution in [2.24, 2.45) is 7.05 Å². The number of aromatic amines is 1. The van der Waals surface area contributed by atoms with Gasteiger partial charge in [-0.25, -0.2) is 44.7 Å². The number of piperazine rings is 2. The zero-order valence-corrected chi connectivity index (χ0v) is 75.8. The van der Waals surface area contributed by atoms with Crippen LogP contribution < -0.4 is 25.3 Å². The van der Waals surface area contributed by atoms with Crippen LogP contribution in [0, 0.1) is 6.57 Å². The summed E-state index contributed by atoms with van der Waals surface area (Å²) in [6, 6.07) is 71.4. The van der Waals surface area contributed by atoms with Crippen LogP contribution in [0.3, 0.4) is 0 Å². The first-order chi connectivity index (χ1) is 64.5. The van der Waals surface area contributed by atoms with Crippen molar-refractivity contribution in [2.75, 3.05) is 111 Å². The predicted molar refractivity (Wildman–Crippen MR) is 530 cm³/mol. The van der Waals surface area contributed by atoms with E-state index in [2.05, 4.69) is 207 Å². The van der Waals surface area contributed by atoms with Crippen molar-refractivity contribution in [3.05, 3.63) is 306 Å². The highest BCUT2D eigenvalue weighted by atomic mass is 32.1. The molecule has 3 aliphatic rings. The lowest BCUT2D eigenvalue weighted by Crippen LogP contribution is -2.48. The maximum absolute atomic E-state index is 7.32.